The van der Waals surface area contributed by atoms with Crippen molar-refractivity contribution < 1.29 is 9.59 Å². The van der Waals surface area contributed by atoms with E-state index in [-0.39, 0.29) is 23.4 Å². The molecule has 1 atom stereocenters. The maximum absolute atomic E-state index is 12.4. The van der Waals surface area contributed by atoms with Gasteiger partial charge in [-0.05, 0) is 38.5 Å². The molecule has 2 N–H and O–H groups in total. The van der Waals surface area contributed by atoms with Crippen LogP contribution in [0.25, 0.3) is 0 Å². The molecule has 0 spiro atoms. The van der Waals surface area contributed by atoms with E-state index in [2.05, 4.69) is 0 Å². The van der Waals surface area contributed by atoms with Crippen molar-refractivity contribution in [2.45, 2.75) is 62.9 Å². The molecular weight excluding hydrogens is 254 g/mol. The summed E-state index contributed by atoms with van der Waals surface area (Å²) in [5.41, 5.74) is 5.93. The predicted octanol–water partition coefficient (Wildman–Crippen LogP) is 0.871. The van der Waals surface area contributed by atoms with Gasteiger partial charge >= 0.3 is 0 Å². The van der Waals surface area contributed by atoms with Gasteiger partial charge in [-0.15, -0.1) is 0 Å². The zero-order valence-corrected chi connectivity index (χ0v) is 12.1. The minimum absolute atomic E-state index is 0.184. The van der Waals surface area contributed by atoms with Gasteiger partial charge < -0.3 is 15.5 Å². The van der Waals surface area contributed by atoms with Gasteiger partial charge in [-0.3, -0.25) is 9.59 Å². The minimum atomic E-state index is -0.243. The second kappa shape index (κ2) is 5.35. The Labute approximate surface area is 120 Å². The monoisotopic (exact) mass is 279 g/mol. The van der Waals surface area contributed by atoms with Crippen LogP contribution in [0, 0.1) is 0 Å². The van der Waals surface area contributed by atoms with Crippen molar-refractivity contribution >= 4 is 11.8 Å². The normalized spacial score (nSPS) is 29.4. The van der Waals surface area contributed by atoms with Crippen molar-refractivity contribution in [3.05, 3.63) is 0 Å². The molecule has 2 heterocycles. The van der Waals surface area contributed by atoms with Crippen LogP contribution >= 0.6 is 0 Å². The summed E-state index contributed by atoms with van der Waals surface area (Å²) in [4.78, 5) is 28.2. The summed E-state index contributed by atoms with van der Waals surface area (Å²) in [6.07, 6.45) is 7.25. The molecule has 5 nitrogen and oxygen atoms in total. The van der Waals surface area contributed by atoms with Gasteiger partial charge in [-0.2, -0.15) is 0 Å². The molecule has 112 valence electrons. The Bertz CT molecular complexity index is 406. The third-order valence-electron chi connectivity index (χ3n) is 5.15. The zero-order valence-electron chi connectivity index (χ0n) is 12.1. The van der Waals surface area contributed by atoms with E-state index < -0.39 is 0 Å². The molecule has 3 fully saturated rings. The lowest BCUT2D eigenvalue weighted by molar-refractivity contribution is -0.138. The van der Waals surface area contributed by atoms with Crippen molar-refractivity contribution in [3.8, 4) is 0 Å². The highest BCUT2D eigenvalue weighted by Crippen LogP contribution is 2.33. The molecule has 3 aliphatic rings. The van der Waals surface area contributed by atoms with E-state index in [1.807, 2.05) is 9.80 Å². The molecule has 20 heavy (non-hydrogen) atoms. The molecule has 0 aromatic carbocycles. The molecule has 1 saturated carbocycles. The first-order chi connectivity index (χ1) is 9.57. The van der Waals surface area contributed by atoms with E-state index in [0.29, 0.717) is 19.4 Å². The van der Waals surface area contributed by atoms with Gasteiger partial charge in [0, 0.05) is 44.1 Å². The molecule has 0 aromatic heterocycles. The Morgan fingerprint density at radius 2 is 2.05 bits per heavy atom. The molecule has 0 radical (unpaired) electrons. The maximum Gasteiger partial charge on any atom is 0.224 e. The number of likely N-dealkylation sites (tertiary alicyclic amines) is 2. The number of nitrogens with zero attached hydrogens (tertiary/aromatic N) is 2. The lowest BCUT2D eigenvalue weighted by Crippen LogP contribution is -2.54. The average molecular weight is 279 g/mol. The second-order valence-corrected chi connectivity index (χ2v) is 6.72. The van der Waals surface area contributed by atoms with Crippen LogP contribution in [0.4, 0.5) is 0 Å². The topological polar surface area (TPSA) is 66.6 Å². The second-order valence-electron chi connectivity index (χ2n) is 6.72. The summed E-state index contributed by atoms with van der Waals surface area (Å²) in [5, 5.41) is 0. The maximum atomic E-state index is 12.4. The lowest BCUT2D eigenvalue weighted by atomic mass is 9.75. The average Bonchev–Trinajstić information content (AvgIpc) is 2.83. The third kappa shape index (κ3) is 2.68. The van der Waals surface area contributed by atoms with Crippen LogP contribution in [0.3, 0.4) is 0 Å². The van der Waals surface area contributed by atoms with E-state index in [4.69, 9.17) is 5.73 Å². The quantitative estimate of drug-likeness (QED) is 0.833. The summed E-state index contributed by atoms with van der Waals surface area (Å²) in [7, 11) is 0. The van der Waals surface area contributed by atoms with Crippen LogP contribution < -0.4 is 5.73 Å². The van der Waals surface area contributed by atoms with Gasteiger partial charge in [0.1, 0.15) is 0 Å². The van der Waals surface area contributed by atoms with Gasteiger partial charge in [0.15, 0.2) is 0 Å². The fourth-order valence-corrected chi connectivity index (χ4v) is 3.71. The van der Waals surface area contributed by atoms with Gasteiger partial charge in [0.25, 0.3) is 0 Å². The molecule has 0 unspecified atom stereocenters. The van der Waals surface area contributed by atoms with Crippen LogP contribution in [0.5, 0.6) is 0 Å². The summed E-state index contributed by atoms with van der Waals surface area (Å²) in [5.74, 6) is 0.446. The highest BCUT2D eigenvalue weighted by atomic mass is 16.2. The largest absolute Gasteiger partial charge is 0.341 e. The van der Waals surface area contributed by atoms with Crippen molar-refractivity contribution in [2.75, 3.05) is 19.6 Å². The number of amides is 2. The fraction of sp³-hybridized carbons (Fsp3) is 0.867. The first-order valence-corrected chi connectivity index (χ1v) is 7.94. The minimum Gasteiger partial charge on any atom is -0.341 e. The lowest BCUT2D eigenvalue weighted by Gasteiger charge is -2.42. The van der Waals surface area contributed by atoms with Crippen LogP contribution in [0.2, 0.25) is 0 Å². The first kappa shape index (κ1) is 13.9. The number of hydrogen-bond acceptors (Lipinski definition) is 3. The fourth-order valence-electron chi connectivity index (χ4n) is 3.71. The molecule has 2 saturated heterocycles. The Hall–Kier alpha value is -1.10. The molecule has 2 aliphatic heterocycles. The van der Waals surface area contributed by atoms with Crippen LogP contribution in [0.1, 0.15) is 51.4 Å². The third-order valence-corrected chi connectivity index (χ3v) is 5.15. The van der Waals surface area contributed by atoms with E-state index in [9.17, 15) is 9.59 Å². The number of rotatable bonds is 3. The summed E-state index contributed by atoms with van der Waals surface area (Å²) < 4.78 is 0. The molecule has 1 aliphatic carbocycles. The smallest absolute Gasteiger partial charge is 0.224 e. The van der Waals surface area contributed by atoms with Crippen molar-refractivity contribution in [1.82, 2.24) is 9.80 Å². The zero-order chi connectivity index (χ0) is 14.2. The highest BCUT2D eigenvalue weighted by Gasteiger charge is 2.38. The Morgan fingerprint density at radius 1 is 1.25 bits per heavy atom. The van der Waals surface area contributed by atoms with Gasteiger partial charge in [0.2, 0.25) is 11.8 Å². The van der Waals surface area contributed by atoms with E-state index in [1.54, 1.807) is 0 Å². The molecular formula is C15H25N3O2. The number of carbonyl (C=O) groups is 2. The van der Waals surface area contributed by atoms with E-state index in [1.165, 1.54) is 0 Å². The summed E-state index contributed by atoms with van der Waals surface area (Å²) >= 11 is 0. The predicted molar refractivity (Wildman–Crippen MR) is 75.9 cm³/mol. The standard InChI is InChI=1S/C15H25N3O2/c16-15(6-3-7-15)10-14(20)17-8-1-4-12(11-17)18-9-2-5-13(18)19/h12H,1-11,16H2/t12-/m0/s1. The van der Waals surface area contributed by atoms with Crippen LogP contribution in [-0.4, -0.2) is 52.8 Å². The Morgan fingerprint density at radius 3 is 2.65 bits per heavy atom. The Balaban J connectivity index is 1.57. The molecule has 2 amide bonds. The molecule has 0 aromatic rings. The number of hydrogen-bond donors (Lipinski definition) is 1. The van der Waals surface area contributed by atoms with Gasteiger partial charge in [0.05, 0.1) is 0 Å². The van der Waals surface area contributed by atoms with Crippen LogP contribution in [-0.2, 0) is 9.59 Å². The van der Waals surface area contributed by atoms with Crippen molar-refractivity contribution in [3.63, 3.8) is 0 Å². The molecule has 0 bridgehead atoms. The molecule has 3 rings (SSSR count). The summed E-state index contributed by atoms with van der Waals surface area (Å²) in [6.45, 7) is 2.40. The van der Waals surface area contributed by atoms with E-state index >= 15 is 0 Å². The van der Waals surface area contributed by atoms with Gasteiger partial charge in [-0.1, -0.05) is 0 Å². The van der Waals surface area contributed by atoms with Gasteiger partial charge in [-0.25, -0.2) is 0 Å². The SMILES string of the molecule is NC1(CC(=O)N2CCC[C@H](N3CCCC3=O)C2)CCC1. The van der Waals surface area contributed by atoms with Crippen LogP contribution in [0.15, 0.2) is 0 Å². The number of nitrogens with two attached hydrogens (primary N) is 1. The highest BCUT2D eigenvalue weighted by molar-refractivity contribution is 5.79. The first-order valence-electron chi connectivity index (χ1n) is 7.94. The van der Waals surface area contributed by atoms with Crippen molar-refractivity contribution in [1.29, 1.82) is 0 Å². The Kier molecular flexibility index (Phi) is 3.71. The van der Waals surface area contributed by atoms with Crippen molar-refractivity contribution in [2.24, 2.45) is 5.73 Å². The number of piperidine rings is 1. The molecule has 5 heteroatoms. The number of carbonyl (C=O) groups excluding carboxylic acids is 2. The summed E-state index contributed by atoms with van der Waals surface area (Å²) in [6, 6.07) is 0.234. The van der Waals surface area contributed by atoms with E-state index in [0.717, 1.165) is 51.6 Å².